The van der Waals surface area contributed by atoms with E-state index in [9.17, 15) is 4.79 Å². The smallest absolute Gasteiger partial charge is 0.272 e. The molecule has 2 aromatic rings. The van der Waals surface area contributed by atoms with Crippen LogP contribution in [0.2, 0.25) is 0 Å². The number of para-hydroxylation sites is 1. The molecular formula is C17H24N4O. The largest absolute Gasteiger partial charge is 0.345 e. The minimum Gasteiger partial charge on any atom is -0.345 e. The predicted molar refractivity (Wildman–Crippen MR) is 87.9 cm³/mol. The van der Waals surface area contributed by atoms with Crippen LogP contribution in [-0.4, -0.2) is 46.7 Å². The molecule has 0 unspecified atom stereocenters. The molecule has 0 aliphatic carbocycles. The number of benzene rings is 1. The van der Waals surface area contributed by atoms with Crippen molar-refractivity contribution in [1.82, 2.24) is 20.4 Å². The maximum atomic E-state index is 12.6. The molecule has 1 aliphatic heterocycles. The monoisotopic (exact) mass is 300 g/mol. The van der Waals surface area contributed by atoms with E-state index in [2.05, 4.69) is 41.3 Å². The third kappa shape index (κ3) is 2.86. The second kappa shape index (κ2) is 5.72. The van der Waals surface area contributed by atoms with Gasteiger partial charge in [0, 0.05) is 10.9 Å². The molecule has 3 rings (SSSR count). The summed E-state index contributed by atoms with van der Waals surface area (Å²) in [6.07, 6.45) is 2.23. The maximum absolute atomic E-state index is 12.6. The van der Waals surface area contributed by atoms with Crippen LogP contribution >= 0.6 is 0 Å². The van der Waals surface area contributed by atoms with Gasteiger partial charge in [-0.2, -0.15) is 5.10 Å². The van der Waals surface area contributed by atoms with Gasteiger partial charge in [-0.3, -0.25) is 9.89 Å². The summed E-state index contributed by atoms with van der Waals surface area (Å²) >= 11 is 0. The maximum Gasteiger partial charge on any atom is 0.272 e. The Kier molecular flexibility index (Phi) is 3.91. The number of aromatic nitrogens is 2. The quantitative estimate of drug-likeness (QED) is 0.915. The zero-order valence-electron chi connectivity index (χ0n) is 13.5. The third-order valence-electron chi connectivity index (χ3n) is 4.86. The molecule has 5 heteroatoms. The zero-order valence-corrected chi connectivity index (χ0v) is 13.5. The topological polar surface area (TPSA) is 61.0 Å². The van der Waals surface area contributed by atoms with Gasteiger partial charge in [-0.1, -0.05) is 18.2 Å². The highest BCUT2D eigenvalue weighted by Crippen LogP contribution is 2.28. The number of hydrogen-bond donors (Lipinski definition) is 2. The van der Waals surface area contributed by atoms with Crippen molar-refractivity contribution in [3.63, 3.8) is 0 Å². The van der Waals surface area contributed by atoms with Crippen LogP contribution in [0.3, 0.4) is 0 Å². The van der Waals surface area contributed by atoms with E-state index in [1.54, 1.807) is 0 Å². The van der Waals surface area contributed by atoms with Crippen molar-refractivity contribution in [2.45, 2.75) is 32.2 Å². The fourth-order valence-corrected chi connectivity index (χ4v) is 3.32. The molecular weight excluding hydrogens is 276 g/mol. The molecule has 118 valence electrons. The van der Waals surface area contributed by atoms with Crippen LogP contribution in [-0.2, 0) is 0 Å². The third-order valence-corrected chi connectivity index (χ3v) is 4.86. The molecule has 22 heavy (non-hydrogen) atoms. The molecule has 1 fully saturated rings. The Hall–Kier alpha value is -1.88. The second-order valence-corrected chi connectivity index (χ2v) is 6.87. The highest BCUT2D eigenvalue weighted by molar-refractivity contribution is 6.04. The summed E-state index contributed by atoms with van der Waals surface area (Å²) in [6, 6.07) is 7.72. The standard InChI is InChI=1S/C17H24N4O/c1-17(2,12-8-10-21(3)11-9-12)18-16(22)15-13-6-4-5-7-14(13)19-20-15/h4-7,12H,8-11H2,1-3H3,(H,18,22)(H,19,20). The Morgan fingerprint density at radius 1 is 1.32 bits per heavy atom. The number of carbonyl (C=O) groups excluding carboxylic acids is 1. The SMILES string of the molecule is CN1CCC(C(C)(C)NC(=O)c2n[nH]c3ccccc23)CC1. The summed E-state index contributed by atoms with van der Waals surface area (Å²) in [6.45, 7) is 6.43. The molecule has 2 N–H and O–H groups in total. The number of fused-ring (bicyclic) bond motifs is 1. The average molecular weight is 300 g/mol. The van der Waals surface area contributed by atoms with Crippen LogP contribution in [0.25, 0.3) is 10.9 Å². The van der Waals surface area contributed by atoms with E-state index in [1.165, 1.54) is 0 Å². The van der Waals surface area contributed by atoms with Crippen molar-refractivity contribution >= 4 is 16.8 Å². The Morgan fingerprint density at radius 3 is 2.73 bits per heavy atom. The summed E-state index contributed by atoms with van der Waals surface area (Å²) < 4.78 is 0. The second-order valence-electron chi connectivity index (χ2n) is 6.87. The van der Waals surface area contributed by atoms with Crippen molar-refractivity contribution < 1.29 is 4.79 Å². The number of amides is 1. The van der Waals surface area contributed by atoms with Crippen molar-refractivity contribution in [2.24, 2.45) is 5.92 Å². The highest BCUT2D eigenvalue weighted by Gasteiger charge is 2.34. The van der Waals surface area contributed by atoms with Crippen LogP contribution in [0.1, 0.15) is 37.2 Å². The Morgan fingerprint density at radius 2 is 2.00 bits per heavy atom. The number of hydrogen-bond acceptors (Lipinski definition) is 3. The summed E-state index contributed by atoms with van der Waals surface area (Å²) in [7, 11) is 2.15. The number of piperidine rings is 1. The first-order valence-corrected chi connectivity index (χ1v) is 7.91. The molecule has 0 saturated carbocycles. The number of carbonyl (C=O) groups is 1. The fourth-order valence-electron chi connectivity index (χ4n) is 3.32. The van der Waals surface area contributed by atoms with E-state index < -0.39 is 0 Å². The van der Waals surface area contributed by atoms with Crippen LogP contribution < -0.4 is 5.32 Å². The van der Waals surface area contributed by atoms with Crippen molar-refractivity contribution in [3.8, 4) is 0 Å². The molecule has 1 aromatic carbocycles. The molecule has 1 amide bonds. The summed E-state index contributed by atoms with van der Waals surface area (Å²) in [5, 5.41) is 11.2. The minimum absolute atomic E-state index is 0.0959. The van der Waals surface area contributed by atoms with Gasteiger partial charge < -0.3 is 10.2 Å². The predicted octanol–water partition coefficient (Wildman–Crippen LogP) is 2.41. The van der Waals surface area contributed by atoms with Crippen molar-refractivity contribution in [3.05, 3.63) is 30.0 Å². The highest BCUT2D eigenvalue weighted by atomic mass is 16.2. The lowest BCUT2D eigenvalue weighted by atomic mass is 9.80. The molecule has 0 bridgehead atoms. The van der Waals surface area contributed by atoms with Gasteiger partial charge in [-0.25, -0.2) is 0 Å². The lowest BCUT2D eigenvalue weighted by Crippen LogP contribution is -2.52. The van der Waals surface area contributed by atoms with E-state index in [4.69, 9.17) is 0 Å². The number of nitrogens with one attached hydrogen (secondary N) is 2. The Labute approximate surface area is 131 Å². The summed E-state index contributed by atoms with van der Waals surface area (Å²) in [5.74, 6) is 0.402. The van der Waals surface area contributed by atoms with Crippen LogP contribution in [0.4, 0.5) is 0 Å². The molecule has 0 atom stereocenters. The van der Waals surface area contributed by atoms with E-state index in [1.807, 2.05) is 24.3 Å². The van der Waals surface area contributed by atoms with Gasteiger partial charge >= 0.3 is 0 Å². The van der Waals surface area contributed by atoms with Gasteiger partial charge in [0.05, 0.1) is 5.52 Å². The van der Waals surface area contributed by atoms with E-state index in [0.29, 0.717) is 11.6 Å². The normalized spacial score (nSPS) is 17.8. The van der Waals surface area contributed by atoms with Crippen molar-refractivity contribution in [2.75, 3.05) is 20.1 Å². The first-order chi connectivity index (χ1) is 10.5. The molecule has 1 aliphatic rings. The van der Waals surface area contributed by atoms with Gasteiger partial charge in [0.1, 0.15) is 0 Å². The van der Waals surface area contributed by atoms with Crippen LogP contribution in [0, 0.1) is 5.92 Å². The van der Waals surface area contributed by atoms with E-state index >= 15 is 0 Å². The molecule has 0 spiro atoms. The van der Waals surface area contributed by atoms with Gasteiger partial charge in [-0.15, -0.1) is 0 Å². The summed E-state index contributed by atoms with van der Waals surface area (Å²) in [4.78, 5) is 15.0. The zero-order chi connectivity index (χ0) is 15.7. The lowest BCUT2D eigenvalue weighted by molar-refractivity contribution is 0.0825. The van der Waals surface area contributed by atoms with E-state index in [-0.39, 0.29) is 11.4 Å². The number of likely N-dealkylation sites (tertiary alicyclic amines) is 1. The number of rotatable bonds is 3. The van der Waals surface area contributed by atoms with Gasteiger partial charge in [0.25, 0.3) is 5.91 Å². The van der Waals surface area contributed by atoms with E-state index in [0.717, 1.165) is 36.8 Å². The van der Waals surface area contributed by atoms with Crippen LogP contribution in [0.15, 0.2) is 24.3 Å². The molecule has 2 heterocycles. The average Bonchev–Trinajstić information content (AvgIpc) is 2.91. The van der Waals surface area contributed by atoms with Gasteiger partial charge in [0.2, 0.25) is 0 Å². The number of aromatic amines is 1. The lowest BCUT2D eigenvalue weighted by Gasteiger charge is -2.40. The molecule has 1 saturated heterocycles. The fraction of sp³-hybridized carbons (Fsp3) is 0.529. The van der Waals surface area contributed by atoms with Crippen molar-refractivity contribution in [1.29, 1.82) is 0 Å². The van der Waals surface area contributed by atoms with Crippen LogP contribution in [0.5, 0.6) is 0 Å². The minimum atomic E-state index is -0.224. The number of H-pyrrole nitrogens is 1. The molecule has 1 aromatic heterocycles. The molecule has 5 nitrogen and oxygen atoms in total. The Bertz CT molecular complexity index is 668. The number of nitrogens with zero attached hydrogens (tertiary/aromatic N) is 2. The first-order valence-electron chi connectivity index (χ1n) is 7.91. The Balaban J connectivity index is 1.75. The van der Waals surface area contributed by atoms with Gasteiger partial charge in [-0.05, 0) is 58.8 Å². The first kappa shape index (κ1) is 15.0. The summed E-state index contributed by atoms with van der Waals surface area (Å²) in [5.41, 5.74) is 1.15. The van der Waals surface area contributed by atoms with Gasteiger partial charge in [0.15, 0.2) is 5.69 Å². The molecule has 0 radical (unpaired) electrons.